The lowest BCUT2D eigenvalue weighted by Crippen LogP contribution is -2.56. The number of aromatic hydroxyl groups is 2. The number of phenolic OH excluding ortho intramolecular Hbond substituents is 2. The zero-order valence-corrected chi connectivity index (χ0v) is 74.3. The van der Waals surface area contributed by atoms with Crippen LogP contribution in [0.5, 0.6) is 34.5 Å². The quantitative estimate of drug-likeness (QED) is 0.0176. The van der Waals surface area contributed by atoms with E-state index in [1.807, 2.05) is 241 Å². The van der Waals surface area contributed by atoms with E-state index in [1.165, 1.54) is 12.1 Å². The van der Waals surface area contributed by atoms with Gasteiger partial charge in [0.05, 0.1) is 33.0 Å². The maximum Gasteiger partial charge on any atom is 0.305 e. The van der Waals surface area contributed by atoms with Crippen LogP contribution in [0.1, 0.15) is 244 Å². The fraction of sp³-hybridized carbons (Fsp3) is 0.515. The molecule has 3 fully saturated rings. The van der Waals surface area contributed by atoms with Crippen LogP contribution in [0.15, 0.2) is 176 Å². The molecule has 666 valence electrons. The Balaban J connectivity index is 0.000000235. The lowest BCUT2D eigenvalue weighted by molar-refractivity contribution is -0.304. The Morgan fingerprint density at radius 2 is 0.754 bits per heavy atom. The van der Waals surface area contributed by atoms with E-state index in [0.717, 1.165) is 56.4 Å². The molecule has 1 amide bonds. The number of unbranched alkanes of at least 4 members (excludes halogenated alkanes) is 2. The van der Waals surface area contributed by atoms with Crippen LogP contribution in [0.25, 0.3) is 0 Å². The third-order valence-electron chi connectivity index (χ3n) is 21.2. The SMILES string of the molecule is CC(CCC(=O)O)c1ccc(OCc2ccccc2)cc1OCc1ccccc1.CC(CCC(=O)OCCCCC(=O)C1OC(C)(C)OCC1(C)C)c1ccc(O)cc1O.CC(CCC(=O)OCCCCC(=O)C1OC(C)(C)OCC1(C)C)c1ccc(OCc2ccccc2)cc1OCc1ccccc1.CC1(C)OCC(C)(C)C(C(=O)NCCCO)O1. The fourth-order valence-corrected chi connectivity index (χ4v) is 13.8. The number of carboxylic acids is 1. The molecule has 0 radical (unpaired) electrons. The van der Waals surface area contributed by atoms with Gasteiger partial charge in [-0.2, -0.15) is 0 Å². The minimum Gasteiger partial charge on any atom is -0.508 e. The molecule has 7 aromatic rings. The van der Waals surface area contributed by atoms with Crippen molar-refractivity contribution in [3.63, 3.8) is 0 Å². The molecule has 5 N–H and O–H groups in total. The molecule has 6 atom stereocenters. The zero-order valence-electron chi connectivity index (χ0n) is 74.3. The number of aliphatic carboxylic acids is 1. The van der Waals surface area contributed by atoms with Crippen LogP contribution in [0.3, 0.4) is 0 Å². The summed E-state index contributed by atoms with van der Waals surface area (Å²) in [6.45, 7) is 33.1. The number of hydrogen-bond donors (Lipinski definition) is 5. The molecule has 6 unspecified atom stereocenters. The largest absolute Gasteiger partial charge is 0.508 e. The van der Waals surface area contributed by atoms with Gasteiger partial charge >= 0.3 is 17.9 Å². The molecule has 0 aliphatic carbocycles. The maximum absolute atomic E-state index is 12.9. The number of aliphatic hydroxyl groups excluding tert-OH is 1. The molecule has 0 bridgehead atoms. The molecule has 3 aliphatic heterocycles. The average Bonchev–Trinajstić information content (AvgIpc) is 0.801. The highest BCUT2D eigenvalue weighted by Crippen LogP contribution is 2.41. The number of phenols is 2. The first-order valence-corrected chi connectivity index (χ1v) is 42.7. The summed E-state index contributed by atoms with van der Waals surface area (Å²) in [6, 6.07) is 56.2. The normalized spacial score (nSPS) is 18.2. The first-order valence-electron chi connectivity index (χ1n) is 42.7. The number of hydrogen-bond acceptors (Lipinski definition) is 21. The molecule has 0 spiro atoms. The van der Waals surface area contributed by atoms with Gasteiger partial charge in [0.2, 0.25) is 5.91 Å². The summed E-state index contributed by atoms with van der Waals surface area (Å²) in [4.78, 5) is 73.0. The molecule has 3 saturated heterocycles. The highest BCUT2D eigenvalue weighted by Gasteiger charge is 2.48. The zero-order chi connectivity index (χ0) is 89.1. The summed E-state index contributed by atoms with van der Waals surface area (Å²) in [5, 5.41) is 39.7. The number of benzene rings is 7. The van der Waals surface area contributed by atoms with Crippen LogP contribution in [-0.4, -0.2) is 138 Å². The lowest BCUT2D eigenvalue weighted by atomic mass is 9.82. The molecular formula is C99H133NO22. The third-order valence-corrected chi connectivity index (χ3v) is 21.2. The number of amides is 1. The number of carbonyl (C=O) groups excluding carboxylic acids is 5. The van der Waals surface area contributed by atoms with Gasteiger partial charge in [0.25, 0.3) is 0 Å². The number of ketones is 2. The Kier molecular flexibility index (Phi) is 39.4. The Labute approximate surface area is 722 Å². The molecule has 122 heavy (non-hydrogen) atoms. The molecule has 0 saturated carbocycles. The summed E-state index contributed by atoms with van der Waals surface area (Å²) in [7, 11) is 0. The summed E-state index contributed by atoms with van der Waals surface area (Å²) < 4.78 is 69.6. The van der Waals surface area contributed by atoms with Gasteiger partial charge in [0.1, 0.15) is 79.2 Å². The second kappa shape index (κ2) is 48.4. The van der Waals surface area contributed by atoms with E-state index in [1.54, 1.807) is 19.9 Å². The van der Waals surface area contributed by atoms with Crippen LogP contribution < -0.4 is 24.3 Å². The molecule has 23 heteroatoms. The van der Waals surface area contributed by atoms with Crippen LogP contribution in [0.4, 0.5) is 0 Å². The first-order chi connectivity index (χ1) is 57.8. The maximum atomic E-state index is 12.9. The molecule has 0 aromatic heterocycles. The topological polar surface area (TPSA) is 306 Å². The predicted molar refractivity (Wildman–Crippen MR) is 467 cm³/mol. The summed E-state index contributed by atoms with van der Waals surface area (Å²) in [5.74, 6) is -0.555. The molecule has 3 aliphatic rings. The highest BCUT2D eigenvalue weighted by atomic mass is 16.7. The van der Waals surface area contributed by atoms with Crippen molar-refractivity contribution in [3.05, 3.63) is 215 Å². The van der Waals surface area contributed by atoms with Gasteiger partial charge in [-0.3, -0.25) is 28.8 Å². The Bertz CT molecular complexity index is 4360. The first kappa shape index (κ1) is 99.4. The van der Waals surface area contributed by atoms with Gasteiger partial charge in [0.15, 0.2) is 28.9 Å². The van der Waals surface area contributed by atoms with E-state index >= 15 is 0 Å². The Morgan fingerprint density at radius 1 is 0.410 bits per heavy atom. The number of nitrogens with one attached hydrogen (secondary N) is 1. The van der Waals surface area contributed by atoms with Gasteiger partial charge in [-0.25, -0.2) is 0 Å². The average molecular weight is 1690 g/mol. The molecule has 23 nitrogen and oxygen atoms in total. The third kappa shape index (κ3) is 34.5. The van der Waals surface area contributed by atoms with E-state index in [9.17, 15) is 39.0 Å². The molecule has 7 aromatic carbocycles. The lowest BCUT2D eigenvalue weighted by Gasteiger charge is -2.45. The smallest absolute Gasteiger partial charge is 0.305 e. The summed E-state index contributed by atoms with van der Waals surface area (Å²) in [5.41, 5.74) is 5.94. The van der Waals surface area contributed by atoms with E-state index in [0.29, 0.717) is 136 Å². The van der Waals surface area contributed by atoms with E-state index in [2.05, 4.69) is 12.2 Å². The van der Waals surface area contributed by atoms with Gasteiger partial charge < -0.3 is 82.6 Å². The summed E-state index contributed by atoms with van der Waals surface area (Å²) in [6.07, 6.45) is 4.65. The van der Waals surface area contributed by atoms with Gasteiger partial charge in [-0.15, -0.1) is 0 Å². The number of esters is 2. The van der Waals surface area contributed by atoms with Crippen molar-refractivity contribution in [1.29, 1.82) is 0 Å². The monoisotopic (exact) mass is 1690 g/mol. The number of ether oxygens (including phenoxy) is 12. The van der Waals surface area contributed by atoms with Gasteiger partial charge in [-0.05, 0) is 168 Å². The number of carboxylic acid groups (broad SMARTS) is 1. The predicted octanol–water partition coefficient (Wildman–Crippen LogP) is 19.1. The molecular weight excluding hydrogens is 1560 g/mol. The van der Waals surface area contributed by atoms with Crippen molar-refractivity contribution in [2.45, 2.75) is 267 Å². The highest BCUT2D eigenvalue weighted by molar-refractivity contribution is 5.85. The summed E-state index contributed by atoms with van der Waals surface area (Å²) >= 11 is 0. The second-order valence-electron chi connectivity index (χ2n) is 35.1. The van der Waals surface area contributed by atoms with Crippen molar-refractivity contribution in [1.82, 2.24) is 5.32 Å². The second-order valence-corrected chi connectivity index (χ2v) is 35.1. The van der Waals surface area contributed by atoms with Crippen LogP contribution in [-0.2, 0) is 93.1 Å². The molecule has 3 heterocycles. The van der Waals surface area contributed by atoms with Crippen LogP contribution in [0, 0.1) is 16.2 Å². The van der Waals surface area contributed by atoms with Crippen molar-refractivity contribution in [3.8, 4) is 34.5 Å². The number of carbonyl (C=O) groups is 6. The van der Waals surface area contributed by atoms with Crippen LogP contribution in [0.2, 0.25) is 0 Å². The standard InChI is InChI=1S/C38H48O7.C25H26O4.C24H36O7.C12H23NO4/c1-28(19-22-35(40)41-23-13-12-18-33(39)36-37(2,3)27-44-38(4,5)45-36)32-21-20-31(42-25-29-14-8-6-9-15-29)24-34(32)43-26-30-16-10-7-11-17-30;1-19(12-15-25(26)27)23-14-13-22(28-17-20-8-4-2-5-9-20)16-24(23)29-18-21-10-6-3-7-11-21;1-16(18-11-10-17(25)14-20(18)27)9-12-21(28)29-13-7-6-8-19(26)22-23(2,3)15-30-24(4,5)31-22;1-11(2)8-16-12(3,4)17-9(11)10(15)13-6-5-7-14/h6-11,14-17,20-21,24,28,36H,12-13,18-19,22-23,25-27H2,1-5H3;2-11,13-14,16,19H,12,15,17-18H2,1H3,(H,26,27);10-11,14,16,22,25,27H,6-9,12-13,15H2,1-5H3;9,14H,5-8H2,1-4H3,(H,13,15). The van der Waals surface area contributed by atoms with Crippen molar-refractivity contribution in [2.24, 2.45) is 16.2 Å². The molecule has 10 rings (SSSR count). The van der Waals surface area contributed by atoms with E-state index < -0.39 is 41.6 Å². The van der Waals surface area contributed by atoms with Gasteiger partial charge in [0, 0.05) is 79.7 Å². The van der Waals surface area contributed by atoms with E-state index in [-0.39, 0.29) is 101 Å². The number of aliphatic hydroxyl groups is 1. The number of Topliss-reactive ketones (excluding diaryl/α,β-unsaturated/α-hetero) is 2. The Morgan fingerprint density at radius 3 is 1.12 bits per heavy atom. The van der Waals surface area contributed by atoms with Gasteiger partial charge in [-0.1, -0.05) is 202 Å². The fourth-order valence-electron chi connectivity index (χ4n) is 13.8. The Hall–Kier alpha value is -9.72. The van der Waals surface area contributed by atoms with Crippen molar-refractivity contribution in [2.75, 3.05) is 46.2 Å². The minimum absolute atomic E-state index is 0.00185. The van der Waals surface area contributed by atoms with Crippen molar-refractivity contribution < 1.29 is 106 Å². The van der Waals surface area contributed by atoms with Crippen LogP contribution >= 0.6 is 0 Å². The van der Waals surface area contributed by atoms with E-state index in [4.69, 9.17) is 67.1 Å². The van der Waals surface area contributed by atoms with Crippen molar-refractivity contribution >= 4 is 35.4 Å². The number of rotatable bonds is 40. The minimum atomic E-state index is -0.786.